The molecule has 0 radical (unpaired) electrons. The summed E-state index contributed by atoms with van der Waals surface area (Å²) in [7, 11) is 1.98. The summed E-state index contributed by atoms with van der Waals surface area (Å²) in [6.45, 7) is 4.42. The molecule has 0 saturated heterocycles. The molecule has 1 aromatic heterocycles. The molecule has 106 valence electrons. The molecule has 1 aromatic carbocycles. The van der Waals surface area contributed by atoms with Crippen LogP contribution in [0.25, 0.3) is 0 Å². The number of halogens is 1. The molecule has 20 heavy (non-hydrogen) atoms. The first-order chi connectivity index (χ1) is 9.61. The summed E-state index contributed by atoms with van der Waals surface area (Å²) in [5.74, 6) is 0.562. The van der Waals surface area contributed by atoms with Gasteiger partial charge in [-0.05, 0) is 42.1 Å². The average molecular weight is 289 g/mol. The highest BCUT2D eigenvalue weighted by atomic mass is 35.5. The summed E-state index contributed by atoms with van der Waals surface area (Å²) < 4.78 is 0. The zero-order valence-electron chi connectivity index (χ0n) is 12.2. The number of nitrogens with zero attached hydrogens (tertiary/aromatic N) is 1. The summed E-state index contributed by atoms with van der Waals surface area (Å²) in [6.07, 6.45) is 4.35. The van der Waals surface area contributed by atoms with Crippen LogP contribution >= 0.6 is 11.6 Å². The highest BCUT2D eigenvalue weighted by Crippen LogP contribution is 2.24. The van der Waals surface area contributed by atoms with Gasteiger partial charge in [0.1, 0.15) is 0 Å². The van der Waals surface area contributed by atoms with E-state index in [0.29, 0.717) is 5.92 Å². The topological polar surface area (TPSA) is 24.9 Å². The molecular formula is C17H21ClN2. The van der Waals surface area contributed by atoms with Crippen LogP contribution in [0.15, 0.2) is 42.7 Å². The maximum atomic E-state index is 6.19. The zero-order valence-corrected chi connectivity index (χ0v) is 13.0. The Hall–Kier alpha value is -1.38. The number of benzene rings is 1. The Labute approximate surface area is 126 Å². The van der Waals surface area contributed by atoms with E-state index in [4.69, 9.17) is 11.6 Å². The van der Waals surface area contributed by atoms with Crippen molar-refractivity contribution in [1.82, 2.24) is 10.3 Å². The van der Waals surface area contributed by atoms with Gasteiger partial charge in [0.15, 0.2) is 0 Å². The normalized spacial score (nSPS) is 12.7. The van der Waals surface area contributed by atoms with Gasteiger partial charge < -0.3 is 5.32 Å². The SMILES string of the molecule is CNC(Cc1ccncc1Cl)c1ccc(C(C)C)cc1. The van der Waals surface area contributed by atoms with Crippen molar-refractivity contribution in [2.45, 2.75) is 32.2 Å². The second-order valence-electron chi connectivity index (χ2n) is 5.33. The molecule has 0 amide bonds. The fourth-order valence-electron chi connectivity index (χ4n) is 2.29. The number of hydrogen-bond acceptors (Lipinski definition) is 2. The largest absolute Gasteiger partial charge is 0.313 e. The van der Waals surface area contributed by atoms with Crippen molar-refractivity contribution in [2.75, 3.05) is 7.05 Å². The van der Waals surface area contributed by atoms with Crippen LogP contribution < -0.4 is 5.32 Å². The van der Waals surface area contributed by atoms with Crippen molar-refractivity contribution >= 4 is 11.6 Å². The van der Waals surface area contributed by atoms with Gasteiger partial charge in [0, 0.05) is 18.4 Å². The molecule has 0 spiro atoms. The maximum Gasteiger partial charge on any atom is 0.0622 e. The number of nitrogens with one attached hydrogen (secondary N) is 1. The lowest BCUT2D eigenvalue weighted by Crippen LogP contribution is -2.19. The van der Waals surface area contributed by atoms with E-state index in [1.54, 1.807) is 12.4 Å². The first-order valence-electron chi connectivity index (χ1n) is 6.97. The number of likely N-dealkylation sites (N-methyl/N-ethyl adjacent to an activating group) is 1. The Morgan fingerprint density at radius 3 is 2.30 bits per heavy atom. The third kappa shape index (κ3) is 3.59. The summed E-state index contributed by atoms with van der Waals surface area (Å²) in [6, 6.07) is 11.1. The van der Waals surface area contributed by atoms with Gasteiger partial charge >= 0.3 is 0 Å². The Bertz CT molecular complexity index is 549. The maximum absolute atomic E-state index is 6.19. The van der Waals surface area contributed by atoms with Crippen LogP contribution in [0, 0.1) is 0 Å². The molecule has 1 heterocycles. The Balaban J connectivity index is 2.18. The van der Waals surface area contributed by atoms with Gasteiger partial charge in [0.05, 0.1) is 5.02 Å². The molecule has 1 unspecified atom stereocenters. The van der Waals surface area contributed by atoms with Crippen LogP contribution in [0.2, 0.25) is 5.02 Å². The number of rotatable bonds is 5. The fraction of sp³-hybridized carbons (Fsp3) is 0.353. The molecule has 0 saturated carbocycles. The molecule has 0 aliphatic carbocycles. The van der Waals surface area contributed by atoms with E-state index in [1.807, 2.05) is 13.1 Å². The molecule has 2 rings (SSSR count). The standard InChI is InChI=1S/C17H21ClN2/c1-12(2)13-4-6-14(7-5-13)17(19-3)10-15-8-9-20-11-16(15)18/h4-9,11-12,17,19H,10H2,1-3H3. The first kappa shape index (κ1) is 15.0. The molecule has 3 heteroatoms. The van der Waals surface area contributed by atoms with Gasteiger partial charge in [-0.25, -0.2) is 0 Å². The number of aromatic nitrogens is 1. The summed E-state index contributed by atoms with van der Waals surface area (Å²) in [5.41, 5.74) is 3.77. The molecule has 0 fully saturated rings. The van der Waals surface area contributed by atoms with E-state index in [0.717, 1.165) is 17.0 Å². The van der Waals surface area contributed by atoms with Crippen molar-refractivity contribution in [3.05, 3.63) is 64.4 Å². The molecule has 2 aromatic rings. The van der Waals surface area contributed by atoms with E-state index in [2.05, 4.69) is 48.4 Å². The van der Waals surface area contributed by atoms with Crippen molar-refractivity contribution in [3.8, 4) is 0 Å². The fourth-order valence-corrected chi connectivity index (χ4v) is 2.49. The van der Waals surface area contributed by atoms with Crippen LogP contribution in [-0.2, 0) is 6.42 Å². The third-order valence-corrected chi connectivity index (χ3v) is 3.97. The van der Waals surface area contributed by atoms with E-state index in [9.17, 15) is 0 Å². The average Bonchev–Trinajstić information content (AvgIpc) is 2.46. The highest BCUT2D eigenvalue weighted by molar-refractivity contribution is 6.31. The monoisotopic (exact) mass is 288 g/mol. The van der Waals surface area contributed by atoms with Crippen molar-refractivity contribution in [1.29, 1.82) is 0 Å². The number of hydrogen-bond donors (Lipinski definition) is 1. The van der Waals surface area contributed by atoms with Gasteiger partial charge in [-0.1, -0.05) is 49.7 Å². The Morgan fingerprint density at radius 2 is 1.75 bits per heavy atom. The van der Waals surface area contributed by atoms with Crippen LogP contribution in [0.3, 0.4) is 0 Å². The van der Waals surface area contributed by atoms with Crippen molar-refractivity contribution in [3.63, 3.8) is 0 Å². The number of pyridine rings is 1. The lowest BCUT2D eigenvalue weighted by molar-refractivity contribution is 0.591. The lowest BCUT2D eigenvalue weighted by atomic mass is 9.96. The quantitative estimate of drug-likeness (QED) is 0.884. The summed E-state index contributed by atoms with van der Waals surface area (Å²) >= 11 is 6.19. The smallest absolute Gasteiger partial charge is 0.0622 e. The molecule has 0 bridgehead atoms. The Kier molecular flexibility index (Phi) is 5.16. The van der Waals surface area contributed by atoms with E-state index < -0.39 is 0 Å². The van der Waals surface area contributed by atoms with E-state index >= 15 is 0 Å². The molecular weight excluding hydrogens is 268 g/mol. The van der Waals surface area contributed by atoms with Gasteiger partial charge in [-0.3, -0.25) is 4.98 Å². The minimum Gasteiger partial charge on any atom is -0.313 e. The summed E-state index contributed by atoms with van der Waals surface area (Å²) in [5, 5.41) is 4.09. The first-order valence-corrected chi connectivity index (χ1v) is 7.35. The van der Waals surface area contributed by atoms with Gasteiger partial charge in [-0.15, -0.1) is 0 Å². The van der Waals surface area contributed by atoms with Crippen LogP contribution in [0.4, 0.5) is 0 Å². The van der Waals surface area contributed by atoms with Gasteiger partial charge in [0.2, 0.25) is 0 Å². The molecule has 1 atom stereocenters. The summed E-state index contributed by atoms with van der Waals surface area (Å²) in [4.78, 5) is 4.03. The minimum atomic E-state index is 0.260. The second kappa shape index (κ2) is 6.87. The van der Waals surface area contributed by atoms with Crippen LogP contribution in [0.5, 0.6) is 0 Å². The highest BCUT2D eigenvalue weighted by Gasteiger charge is 2.12. The van der Waals surface area contributed by atoms with Gasteiger partial charge in [0.25, 0.3) is 0 Å². The predicted molar refractivity (Wildman–Crippen MR) is 85.3 cm³/mol. The zero-order chi connectivity index (χ0) is 14.5. The van der Waals surface area contributed by atoms with Crippen LogP contribution in [-0.4, -0.2) is 12.0 Å². The molecule has 2 nitrogen and oxygen atoms in total. The van der Waals surface area contributed by atoms with Crippen molar-refractivity contribution in [2.24, 2.45) is 0 Å². The molecule has 0 aliphatic rings. The predicted octanol–water partition coefficient (Wildman–Crippen LogP) is 4.36. The lowest BCUT2D eigenvalue weighted by Gasteiger charge is -2.18. The Morgan fingerprint density at radius 1 is 1.10 bits per heavy atom. The van der Waals surface area contributed by atoms with E-state index in [1.165, 1.54) is 11.1 Å². The van der Waals surface area contributed by atoms with Gasteiger partial charge in [-0.2, -0.15) is 0 Å². The minimum absolute atomic E-state index is 0.260. The third-order valence-electron chi connectivity index (χ3n) is 3.63. The molecule has 0 aliphatic heterocycles. The van der Waals surface area contributed by atoms with Crippen LogP contribution in [0.1, 0.15) is 42.5 Å². The van der Waals surface area contributed by atoms with E-state index in [-0.39, 0.29) is 6.04 Å². The molecule has 1 N–H and O–H groups in total. The van der Waals surface area contributed by atoms with Crippen molar-refractivity contribution < 1.29 is 0 Å². The second-order valence-corrected chi connectivity index (χ2v) is 5.74.